The summed E-state index contributed by atoms with van der Waals surface area (Å²) in [6.07, 6.45) is 1.89. The number of amides is 1. The minimum Gasteiger partial charge on any atom is -0.354 e. The smallest absolute Gasteiger partial charge is 0.255 e. The Morgan fingerprint density at radius 3 is 2.48 bits per heavy atom. The number of nitrogens with zero attached hydrogens (tertiary/aromatic N) is 5. The molecule has 1 aromatic carbocycles. The van der Waals surface area contributed by atoms with Gasteiger partial charge in [-0.05, 0) is 32.3 Å². The van der Waals surface area contributed by atoms with E-state index in [2.05, 4.69) is 31.8 Å². The average Bonchev–Trinajstić information content (AvgIpc) is 2.99. The van der Waals surface area contributed by atoms with E-state index in [4.69, 9.17) is 0 Å². The maximum atomic E-state index is 13.0. The largest absolute Gasteiger partial charge is 0.354 e. The van der Waals surface area contributed by atoms with Crippen molar-refractivity contribution in [2.24, 2.45) is 0 Å². The predicted molar refractivity (Wildman–Crippen MR) is 107 cm³/mol. The fraction of sp³-hybridized carbons (Fsp3) is 0.429. The van der Waals surface area contributed by atoms with E-state index in [0.717, 1.165) is 56.2 Å². The van der Waals surface area contributed by atoms with E-state index in [1.54, 1.807) is 0 Å². The van der Waals surface area contributed by atoms with Gasteiger partial charge in [0.1, 0.15) is 12.0 Å². The quantitative estimate of drug-likeness (QED) is 0.810. The number of hydrogen-bond donors (Lipinski definition) is 0. The molecule has 142 valence electrons. The number of aromatic nitrogens is 1. The van der Waals surface area contributed by atoms with Crippen LogP contribution < -0.4 is 4.90 Å². The molecular weight excluding hydrogens is 338 g/mol. The van der Waals surface area contributed by atoms with E-state index in [9.17, 15) is 4.79 Å². The second-order valence-electron chi connectivity index (χ2n) is 7.47. The summed E-state index contributed by atoms with van der Waals surface area (Å²) in [6, 6.07) is 14.1. The summed E-state index contributed by atoms with van der Waals surface area (Å²) in [4.78, 5) is 26.4. The molecular formula is C21H27N5O. The SMILES string of the molecule is CN(C)CCN1C(=O)c2ccccc2C1N1CCN(c2ccccn2)CC1. The maximum Gasteiger partial charge on any atom is 0.255 e. The molecule has 6 heteroatoms. The van der Waals surface area contributed by atoms with E-state index in [0.29, 0.717) is 0 Å². The molecule has 1 amide bonds. The molecule has 2 aliphatic heterocycles. The highest BCUT2D eigenvalue weighted by Gasteiger charge is 2.40. The Labute approximate surface area is 161 Å². The summed E-state index contributed by atoms with van der Waals surface area (Å²) in [5.41, 5.74) is 2.00. The number of anilines is 1. The van der Waals surface area contributed by atoms with Crippen LogP contribution in [0.15, 0.2) is 48.7 Å². The van der Waals surface area contributed by atoms with Crippen molar-refractivity contribution in [1.82, 2.24) is 19.7 Å². The van der Waals surface area contributed by atoms with Crippen LogP contribution in [0, 0.1) is 0 Å². The Kier molecular flexibility index (Phi) is 5.09. The van der Waals surface area contributed by atoms with Crippen LogP contribution in [0.5, 0.6) is 0 Å². The summed E-state index contributed by atoms with van der Waals surface area (Å²) in [5.74, 6) is 1.19. The molecule has 3 heterocycles. The molecule has 6 nitrogen and oxygen atoms in total. The first-order valence-corrected chi connectivity index (χ1v) is 9.60. The van der Waals surface area contributed by atoms with Crippen molar-refractivity contribution >= 4 is 11.7 Å². The molecule has 4 rings (SSSR count). The van der Waals surface area contributed by atoms with Gasteiger partial charge in [-0.15, -0.1) is 0 Å². The summed E-state index contributed by atoms with van der Waals surface area (Å²) < 4.78 is 0. The number of likely N-dealkylation sites (N-methyl/N-ethyl adjacent to an activating group) is 1. The van der Waals surface area contributed by atoms with Crippen LogP contribution in [0.25, 0.3) is 0 Å². The van der Waals surface area contributed by atoms with Crippen molar-refractivity contribution < 1.29 is 4.79 Å². The van der Waals surface area contributed by atoms with Crippen molar-refractivity contribution in [2.75, 3.05) is 58.3 Å². The third-order valence-electron chi connectivity index (χ3n) is 5.45. The van der Waals surface area contributed by atoms with Crippen molar-refractivity contribution in [2.45, 2.75) is 6.17 Å². The van der Waals surface area contributed by atoms with Gasteiger partial charge < -0.3 is 14.7 Å². The Morgan fingerprint density at radius 2 is 1.78 bits per heavy atom. The average molecular weight is 365 g/mol. The van der Waals surface area contributed by atoms with Gasteiger partial charge >= 0.3 is 0 Å². The summed E-state index contributed by atoms with van der Waals surface area (Å²) >= 11 is 0. The molecule has 2 aromatic rings. The molecule has 2 aliphatic rings. The molecule has 1 saturated heterocycles. The highest BCUT2D eigenvalue weighted by atomic mass is 16.2. The van der Waals surface area contributed by atoms with Gasteiger partial charge in [0.15, 0.2) is 0 Å². The molecule has 1 aromatic heterocycles. The van der Waals surface area contributed by atoms with E-state index in [-0.39, 0.29) is 12.1 Å². The van der Waals surface area contributed by atoms with Crippen LogP contribution in [0.1, 0.15) is 22.1 Å². The minimum atomic E-state index is 0.0412. The number of piperazine rings is 1. The number of carbonyl (C=O) groups excluding carboxylic acids is 1. The number of hydrogen-bond acceptors (Lipinski definition) is 5. The molecule has 27 heavy (non-hydrogen) atoms. The summed E-state index contributed by atoms with van der Waals surface area (Å²) in [6.45, 7) is 5.29. The molecule has 1 fully saturated rings. The van der Waals surface area contributed by atoms with Crippen LogP contribution >= 0.6 is 0 Å². The van der Waals surface area contributed by atoms with Gasteiger partial charge in [0.25, 0.3) is 5.91 Å². The minimum absolute atomic E-state index is 0.0412. The number of rotatable bonds is 5. The first-order chi connectivity index (χ1) is 13.1. The Morgan fingerprint density at radius 1 is 1.04 bits per heavy atom. The first-order valence-electron chi connectivity index (χ1n) is 9.60. The molecule has 0 saturated carbocycles. The van der Waals surface area contributed by atoms with Gasteiger partial charge in [-0.3, -0.25) is 9.69 Å². The van der Waals surface area contributed by atoms with Gasteiger partial charge in [0, 0.05) is 56.6 Å². The van der Waals surface area contributed by atoms with E-state index in [1.807, 2.05) is 55.5 Å². The number of carbonyl (C=O) groups is 1. The third kappa shape index (κ3) is 3.55. The van der Waals surface area contributed by atoms with Crippen LogP contribution in [-0.2, 0) is 0 Å². The van der Waals surface area contributed by atoms with Gasteiger partial charge in [-0.2, -0.15) is 0 Å². The molecule has 0 N–H and O–H groups in total. The number of benzene rings is 1. The fourth-order valence-corrected chi connectivity index (χ4v) is 4.01. The third-order valence-corrected chi connectivity index (χ3v) is 5.45. The van der Waals surface area contributed by atoms with Gasteiger partial charge in [0.2, 0.25) is 0 Å². The lowest BCUT2D eigenvalue weighted by Gasteiger charge is -2.41. The van der Waals surface area contributed by atoms with Crippen molar-refractivity contribution in [1.29, 1.82) is 0 Å². The summed E-state index contributed by atoms with van der Waals surface area (Å²) in [7, 11) is 4.10. The van der Waals surface area contributed by atoms with Crippen LogP contribution in [0.4, 0.5) is 5.82 Å². The van der Waals surface area contributed by atoms with Crippen molar-refractivity contribution in [3.63, 3.8) is 0 Å². The highest BCUT2D eigenvalue weighted by Crippen LogP contribution is 2.36. The molecule has 1 atom stereocenters. The zero-order valence-corrected chi connectivity index (χ0v) is 16.1. The normalized spacial score (nSPS) is 20.4. The lowest BCUT2D eigenvalue weighted by atomic mass is 10.1. The first kappa shape index (κ1) is 17.9. The highest BCUT2D eigenvalue weighted by molar-refractivity contribution is 5.99. The molecule has 0 bridgehead atoms. The number of fused-ring (bicyclic) bond motifs is 1. The second-order valence-corrected chi connectivity index (χ2v) is 7.47. The van der Waals surface area contributed by atoms with E-state index >= 15 is 0 Å². The second kappa shape index (κ2) is 7.66. The lowest BCUT2D eigenvalue weighted by Crippen LogP contribution is -2.51. The molecule has 0 spiro atoms. The standard InChI is InChI=1S/C21H27N5O/c1-23(2)11-16-26-20(17-7-3-4-8-18(17)21(26)27)25-14-12-24(13-15-25)19-9-5-6-10-22-19/h3-10,20H,11-16H2,1-2H3. The molecule has 0 radical (unpaired) electrons. The van der Waals surface area contributed by atoms with E-state index in [1.165, 1.54) is 0 Å². The Bertz CT molecular complexity index is 786. The Hall–Kier alpha value is -2.44. The topological polar surface area (TPSA) is 42.9 Å². The van der Waals surface area contributed by atoms with Crippen LogP contribution in [0.3, 0.4) is 0 Å². The van der Waals surface area contributed by atoms with Crippen LogP contribution in [-0.4, -0.2) is 79.0 Å². The van der Waals surface area contributed by atoms with Crippen molar-refractivity contribution in [3.05, 3.63) is 59.8 Å². The maximum absolute atomic E-state index is 13.0. The van der Waals surface area contributed by atoms with Gasteiger partial charge in [-0.25, -0.2) is 4.98 Å². The van der Waals surface area contributed by atoms with Crippen LogP contribution in [0.2, 0.25) is 0 Å². The summed E-state index contributed by atoms with van der Waals surface area (Å²) in [5, 5.41) is 0. The monoisotopic (exact) mass is 365 g/mol. The zero-order valence-electron chi connectivity index (χ0n) is 16.1. The lowest BCUT2D eigenvalue weighted by molar-refractivity contribution is 0.0351. The molecule has 1 unspecified atom stereocenters. The van der Waals surface area contributed by atoms with Gasteiger partial charge in [-0.1, -0.05) is 24.3 Å². The molecule has 0 aliphatic carbocycles. The number of pyridine rings is 1. The van der Waals surface area contributed by atoms with Crippen molar-refractivity contribution in [3.8, 4) is 0 Å². The predicted octanol–water partition coefficient (Wildman–Crippen LogP) is 1.92. The zero-order chi connectivity index (χ0) is 18.8. The fourth-order valence-electron chi connectivity index (χ4n) is 4.01. The van der Waals surface area contributed by atoms with Gasteiger partial charge in [0.05, 0.1) is 0 Å². The van der Waals surface area contributed by atoms with E-state index < -0.39 is 0 Å². The Balaban J connectivity index is 1.53.